The maximum atomic E-state index is 13.9. The fourth-order valence-electron chi connectivity index (χ4n) is 6.11. The summed E-state index contributed by atoms with van der Waals surface area (Å²) in [4.78, 5) is 16.0. The Morgan fingerprint density at radius 3 is 2.69 bits per heavy atom. The van der Waals surface area contributed by atoms with E-state index in [9.17, 15) is 18.0 Å². The van der Waals surface area contributed by atoms with Gasteiger partial charge in [0.1, 0.15) is 12.4 Å². The minimum absolute atomic E-state index is 0.0170. The molecule has 39 heavy (non-hydrogen) atoms. The average Bonchev–Trinajstić information content (AvgIpc) is 3.66. The molecule has 0 radical (unpaired) electrons. The van der Waals surface area contributed by atoms with Gasteiger partial charge in [-0.3, -0.25) is 4.79 Å². The molecule has 2 aromatic carbocycles. The van der Waals surface area contributed by atoms with Crippen molar-refractivity contribution in [3.8, 4) is 5.75 Å². The number of H-pyrrole nitrogens is 1. The van der Waals surface area contributed by atoms with E-state index in [1.807, 2.05) is 18.2 Å². The van der Waals surface area contributed by atoms with Gasteiger partial charge in [0.05, 0.1) is 5.56 Å². The van der Waals surface area contributed by atoms with Crippen molar-refractivity contribution in [2.24, 2.45) is 0 Å². The number of aryl methyl sites for hydroxylation is 1. The molecular weight excluding hydrogens is 505 g/mol. The van der Waals surface area contributed by atoms with Crippen LogP contribution in [0.3, 0.4) is 0 Å². The van der Waals surface area contributed by atoms with Crippen LogP contribution >= 0.6 is 0 Å². The Morgan fingerprint density at radius 2 is 1.92 bits per heavy atom. The Kier molecular flexibility index (Phi) is 6.74. The Hall–Kier alpha value is -3.88. The minimum atomic E-state index is -4.39. The third-order valence-corrected chi connectivity index (χ3v) is 7.96. The second-order valence-corrected chi connectivity index (χ2v) is 10.5. The van der Waals surface area contributed by atoms with Crippen molar-refractivity contribution >= 4 is 22.6 Å². The van der Waals surface area contributed by atoms with Gasteiger partial charge in [0.2, 0.25) is 5.91 Å². The molecule has 9 heteroatoms. The number of ether oxygens (including phenoxy) is 1. The van der Waals surface area contributed by atoms with Crippen molar-refractivity contribution < 1.29 is 22.7 Å². The summed E-state index contributed by atoms with van der Waals surface area (Å²) in [5.41, 5.74) is 3.53. The number of anilines is 1. The fraction of sp³-hybridized carbons (Fsp3) is 0.367. The van der Waals surface area contributed by atoms with Gasteiger partial charge in [0.25, 0.3) is 0 Å². The van der Waals surface area contributed by atoms with Crippen LogP contribution in [-0.4, -0.2) is 21.1 Å². The Labute approximate surface area is 224 Å². The van der Waals surface area contributed by atoms with Crippen LogP contribution in [0.5, 0.6) is 5.75 Å². The number of nitrogens with one attached hydrogen (secondary N) is 2. The van der Waals surface area contributed by atoms with Gasteiger partial charge in [-0.15, -0.1) is 5.10 Å². The first kappa shape index (κ1) is 25.4. The van der Waals surface area contributed by atoms with E-state index in [1.54, 1.807) is 30.5 Å². The first-order chi connectivity index (χ1) is 18.8. The highest BCUT2D eigenvalue weighted by Gasteiger charge is 2.36. The topological polar surface area (TPSA) is 79.9 Å². The Balaban J connectivity index is 1.16. The maximum absolute atomic E-state index is 13.9. The summed E-state index contributed by atoms with van der Waals surface area (Å²) < 4.78 is 47.5. The number of hydrogen-bond acceptors (Lipinski definition) is 4. The first-order valence-electron chi connectivity index (χ1n) is 13.4. The van der Waals surface area contributed by atoms with Crippen molar-refractivity contribution in [1.29, 1.82) is 0 Å². The normalized spacial score (nSPS) is 17.5. The number of rotatable bonds is 7. The molecule has 2 aromatic heterocycles. The predicted octanol–water partition coefficient (Wildman–Crippen LogP) is 7.27. The molecule has 0 unspecified atom stereocenters. The van der Waals surface area contributed by atoms with E-state index in [4.69, 9.17) is 4.74 Å². The highest BCUT2D eigenvalue weighted by molar-refractivity contribution is 5.91. The molecule has 2 aliphatic rings. The van der Waals surface area contributed by atoms with Gasteiger partial charge in [-0.2, -0.15) is 18.3 Å². The van der Waals surface area contributed by atoms with Crippen LogP contribution in [0.1, 0.15) is 78.3 Å². The third-order valence-electron chi connectivity index (χ3n) is 7.96. The lowest BCUT2D eigenvalue weighted by Gasteiger charge is -2.19. The summed E-state index contributed by atoms with van der Waals surface area (Å²) in [6.45, 7) is 0.0529. The number of aromatic amines is 1. The zero-order valence-electron chi connectivity index (χ0n) is 21.4. The molecule has 1 amide bonds. The minimum Gasteiger partial charge on any atom is -0.489 e. The number of hydrogen-bond donors (Lipinski definition) is 2. The number of carbonyl (C=O) groups is 1. The van der Waals surface area contributed by atoms with Crippen molar-refractivity contribution in [1.82, 2.24) is 15.2 Å². The van der Waals surface area contributed by atoms with E-state index in [0.29, 0.717) is 29.1 Å². The predicted molar refractivity (Wildman–Crippen MR) is 142 cm³/mol. The smallest absolute Gasteiger partial charge is 0.416 e. The van der Waals surface area contributed by atoms with E-state index in [0.717, 1.165) is 60.7 Å². The van der Waals surface area contributed by atoms with Crippen molar-refractivity contribution in [2.45, 2.75) is 69.6 Å². The van der Waals surface area contributed by atoms with E-state index in [1.165, 1.54) is 6.07 Å². The summed E-state index contributed by atoms with van der Waals surface area (Å²) in [6.07, 6.45) is 2.76. The lowest BCUT2D eigenvalue weighted by molar-refractivity contribution is -0.138. The number of carbonyl (C=O) groups excluding carboxylic acids is 1. The van der Waals surface area contributed by atoms with Crippen LogP contribution in [0, 0.1) is 0 Å². The van der Waals surface area contributed by atoms with Gasteiger partial charge in [0, 0.05) is 35.1 Å². The van der Waals surface area contributed by atoms with Crippen LogP contribution < -0.4 is 10.1 Å². The number of nitrogens with zero attached hydrogens (tertiary/aromatic N) is 2. The quantitative estimate of drug-likeness (QED) is 0.261. The molecule has 1 fully saturated rings. The van der Waals surface area contributed by atoms with Crippen molar-refractivity contribution in [3.63, 3.8) is 0 Å². The summed E-state index contributed by atoms with van der Waals surface area (Å²) in [5.74, 6) is 0.952. The van der Waals surface area contributed by atoms with Crippen molar-refractivity contribution in [3.05, 3.63) is 82.7 Å². The first-order valence-corrected chi connectivity index (χ1v) is 13.4. The van der Waals surface area contributed by atoms with Crippen LogP contribution in [0.15, 0.2) is 54.7 Å². The van der Waals surface area contributed by atoms with Gasteiger partial charge in [-0.25, -0.2) is 0 Å². The molecule has 0 saturated heterocycles. The number of aromatic nitrogens is 3. The largest absolute Gasteiger partial charge is 0.489 e. The van der Waals surface area contributed by atoms with Gasteiger partial charge in [-0.05, 0) is 84.7 Å². The molecule has 0 aliphatic heterocycles. The maximum Gasteiger partial charge on any atom is 0.416 e. The number of halogens is 3. The van der Waals surface area contributed by atoms with Gasteiger partial charge < -0.3 is 15.0 Å². The lowest BCUT2D eigenvalue weighted by Crippen LogP contribution is -2.15. The van der Waals surface area contributed by atoms with E-state index in [2.05, 4.69) is 20.5 Å². The van der Waals surface area contributed by atoms with Crippen LogP contribution in [0.25, 0.3) is 10.9 Å². The van der Waals surface area contributed by atoms with E-state index in [-0.39, 0.29) is 24.3 Å². The molecule has 1 saturated carbocycles. The van der Waals surface area contributed by atoms with Crippen molar-refractivity contribution in [2.75, 3.05) is 5.32 Å². The number of benzene rings is 2. The summed E-state index contributed by atoms with van der Waals surface area (Å²) in [6, 6.07) is 13.7. The van der Waals surface area contributed by atoms with E-state index < -0.39 is 11.7 Å². The molecule has 2 aliphatic carbocycles. The molecule has 2 N–H and O–H groups in total. The second kappa shape index (κ2) is 10.4. The lowest BCUT2D eigenvalue weighted by atomic mass is 9.91. The zero-order valence-corrected chi connectivity index (χ0v) is 21.4. The molecule has 4 aromatic rings. The summed E-state index contributed by atoms with van der Waals surface area (Å²) in [7, 11) is 0. The number of amides is 1. The fourth-order valence-corrected chi connectivity index (χ4v) is 6.11. The monoisotopic (exact) mass is 534 g/mol. The molecule has 0 bridgehead atoms. The van der Waals surface area contributed by atoms with Gasteiger partial charge in [-0.1, -0.05) is 25.0 Å². The van der Waals surface area contributed by atoms with Crippen LogP contribution in [0.2, 0.25) is 0 Å². The molecular formula is C30H29F3N4O2. The molecule has 6 rings (SSSR count). The van der Waals surface area contributed by atoms with Gasteiger partial charge in [0.15, 0.2) is 5.82 Å². The zero-order chi connectivity index (χ0) is 27.0. The molecule has 202 valence electrons. The molecule has 6 nitrogen and oxygen atoms in total. The standard InChI is InChI=1S/C30H29F3N4O2/c31-30(32,33)25-14-18(7-10-22(25)19-4-1-2-5-19)17-39-21-9-12-26-24(16-21)23-11-8-20(29(23)35-26)15-28(38)36-27-6-3-13-34-37-27/h3,6-7,9-10,12-14,16,19-20,35H,1-2,4-5,8,11,15,17H2,(H,36,37,38)/t20-/m1/s1. The highest BCUT2D eigenvalue weighted by Crippen LogP contribution is 2.43. The molecule has 2 heterocycles. The Morgan fingerprint density at radius 1 is 1.08 bits per heavy atom. The average molecular weight is 535 g/mol. The number of alkyl halides is 3. The second-order valence-electron chi connectivity index (χ2n) is 10.5. The highest BCUT2D eigenvalue weighted by atomic mass is 19.4. The Bertz CT molecular complexity index is 1490. The SMILES string of the molecule is O=C(C[C@H]1CCc2c1[nH]c1ccc(OCc3ccc(C4CCCC4)c(C(F)(F)F)c3)cc21)Nc1cccnn1. The van der Waals surface area contributed by atoms with E-state index >= 15 is 0 Å². The molecule has 0 spiro atoms. The van der Waals surface area contributed by atoms with Crippen LogP contribution in [0.4, 0.5) is 19.0 Å². The van der Waals surface area contributed by atoms with Crippen LogP contribution in [-0.2, 0) is 24.0 Å². The summed E-state index contributed by atoms with van der Waals surface area (Å²) >= 11 is 0. The van der Waals surface area contributed by atoms with Gasteiger partial charge >= 0.3 is 6.18 Å². The molecule has 1 atom stereocenters. The number of fused-ring (bicyclic) bond motifs is 3. The summed E-state index contributed by atoms with van der Waals surface area (Å²) in [5, 5.41) is 11.5. The third kappa shape index (κ3) is 5.35.